The van der Waals surface area contributed by atoms with Gasteiger partial charge in [0.05, 0.1) is 10.8 Å². The molecule has 2 aromatic carbocycles. The van der Waals surface area contributed by atoms with E-state index in [1.165, 1.54) is 11.6 Å². The maximum absolute atomic E-state index is 12.6. The predicted molar refractivity (Wildman–Crippen MR) is 103 cm³/mol. The third kappa shape index (κ3) is 3.81. The minimum absolute atomic E-state index is 0.0723. The van der Waals surface area contributed by atoms with E-state index in [-0.39, 0.29) is 22.6 Å². The number of nitrogens with one attached hydrogen (secondary N) is 2. The number of rotatable bonds is 6. The number of carbonyl (C=O) groups is 1. The number of carbonyl (C=O) groups excluding carboxylic acids is 1. The van der Waals surface area contributed by atoms with E-state index in [9.17, 15) is 13.2 Å². The zero-order valence-corrected chi connectivity index (χ0v) is 16.1. The minimum atomic E-state index is -3.62. The molecule has 26 heavy (non-hydrogen) atoms. The standard InChI is InChI=1S/C20H24N2O3S/c1-13(2)19-17-12-16(8-9-18(17)22-20(19)23)26(24,25)21-11-10-15-6-4-14(3)5-7-15/h4-9,12-13,19,21H,10-11H2,1-3H3,(H,22,23)/t19-/m0/s1. The van der Waals surface area contributed by atoms with Gasteiger partial charge in [-0.2, -0.15) is 0 Å². The highest BCUT2D eigenvalue weighted by Gasteiger charge is 2.33. The number of anilines is 1. The third-order valence-electron chi connectivity index (χ3n) is 4.70. The lowest BCUT2D eigenvalue weighted by atomic mass is 9.90. The van der Waals surface area contributed by atoms with Crippen molar-refractivity contribution in [2.24, 2.45) is 5.92 Å². The summed E-state index contributed by atoms with van der Waals surface area (Å²) in [6.45, 7) is 6.26. The molecule has 0 saturated carbocycles. The van der Waals surface area contributed by atoms with Crippen LogP contribution in [-0.4, -0.2) is 20.9 Å². The summed E-state index contributed by atoms with van der Waals surface area (Å²) in [5, 5.41) is 2.82. The number of hydrogen-bond acceptors (Lipinski definition) is 3. The summed E-state index contributed by atoms with van der Waals surface area (Å²) in [5.41, 5.74) is 3.72. The lowest BCUT2D eigenvalue weighted by Gasteiger charge is -2.14. The largest absolute Gasteiger partial charge is 0.325 e. The van der Waals surface area contributed by atoms with Gasteiger partial charge in [-0.15, -0.1) is 0 Å². The molecule has 0 aromatic heterocycles. The van der Waals surface area contributed by atoms with Crippen LogP contribution >= 0.6 is 0 Å². The molecule has 2 N–H and O–H groups in total. The van der Waals surface area contributed by atoms with Gasteiger partial charge in [0.1, 0.15) is 0 Å². The molecule has 1 heterocycles. The number of benzene rings is 2. The van der Waals surface area contributed by atoms with Gasteiger partial charge >= 0.3 is 0 Å². The topological polar surface area (TPSA) is 75.3 Å². The van der Waals surface area contributed by atoms with Crippen molar-refractivity contribution in [3.05, 3.63) is 59.2 Å². The maximum atomic E-state index is 12.6. The van der Waals surface area contributed by atoms with Gasteiger partial charge in [-0.3, -0.25) is 4.79 Å². The predicted octanol–water partition coefficient (Wildman–Crippen LogP) is 3.21. The van der Waals surface area contributed by atoms with Crippen molar-refractivity contribution in [3.63, 3.8) is 0 Å². The molecule has 1 atom stereocenters. The quantitative estimate of drug-likeness (QED) is 0.818. The fraction of sp³-hybridized carbons (Fsp3) is 0.350. The molecule has 0 aliphatic carbocycles. The molecule has 0 fully saturated rings. The van der Waals surface area contributed by atoms with E-state index in [0.29, 0.717) is 18.7 Å². The van der Waals surface area contributed by atoms with Crippen molar-refractivity contribution in [2.45, 2.75) is 38.0 Å². The molecule has 6 heteroatoms. The molecule has 0 saturated heterocycles. The van der Waals surface area contributed by atoms with Crippen LogP contribution in [-0.2, 0) is 21.2 Å². The second-order valence-electron chi connectivity index (χ2n) is 7.09. The first kappa shape index (κ1) is 18.6. The van der Waals surface area contributed by atoms with E-state index >= 15 is 0 Å². The van der Waals surface area contributed by atoms with Crippen molar-refractivity contribution in [1.29, 1.82) is 0 Å². The van der Waals surface area contributed by atoms with Crippen LogP contribution in [0.1, 0.15) is 36.5 Å². The highest BCUT2D eigenvalue weighted by molar-refractivity contribution is 7.89. The molecule has 0 spiro atoms. The Balaban J connectivity index is 1.74. The zero-order valence-electron chi connectivity index (χ0n) is 15.2. The Labute approximate surface area is 154 Å². The number of sulfonamides is 1. The van der Waals surface area contributed by atoms with E-state index < -0.39 is 10.0 Å². The van der Waals surface area contributed by atoms with Crippen LogP contribution in [0.2, 0.25) is 0 Å². The fourth-order valence-corrected chi connectivity index (χ4v) is 4.33. The lowest BCUT2D eigenvalue weighted by molar-refractivity contribution is -0.117. The summed E-state index contributed by atoms with van der Waals surface area (Å²) in [7, 11) is -3.62. The van der Waals surface area contributed by atoms with Crippen molar-refractivity contribution in [2.75, 3.05) is 11.9 Å². The van der Waals surface area contributed by atoms with Gasteiger partial charge in [-0.1, -0.05) is 43.7 Å². The zero-order chi connectivity index (χ0) is 18.9. The normalized spacial score (nSPS) is 16.6. The van der Waals surface area contributed by atoms with Gasteiger partial charge in [0.15, 0.2) is 0 Å². The molecule has 3 rings (SSSR count). The van der Waals surface area contributed by atoms with E-state index in [0.717, 1.165) is 11.1 Å². The van der Waals surface area contributed by atoms with Crippen LogP contribution in [0, 0.1) is 12.8 Å². The second-order valence-corrected chi connectivity index (χ2v) is 8.86. The highest BCUT2D eigenvalue weighted by Crippen LogP contribution is 2.38. The Kier molecular flexibility index (Phi) is 5.16. The first-order valence-corrected chi connectivity index (χ1v) is 10.3. The molecule has 5 nitrogen and oxygen atoms in total. The van der Waals surface area contributed by atoms with E-state index in [2.05, 4.69) is 10.0 Å². The molecule has 0 unspecified atom stereocenters. The van der Waals surface area contributed by atoms with Crippen molar-refractivity contribution in [1.82, 2.24) is 4.72 Å². The average Bonchev–Trinajstić information content (AvgIpc) is 2.91. The molecule has 0 bridgehead atoms. The lowest BCUT2D eigenvalue weighted by Crippen LogP contribution is -2.26. The van der Waals surface area contributed by atoms with Gasteiger partial charge in [-0.25, -0.2) is 13.1 Å². The molecular formula is C20H24N2O3S. The summed E-state index contributed by atoms with van der Waals surface area (Å²) in [4.78, 5) is 12.3. The fourth-order valence-electron chi connectivity index (χ4n) is 3.26. The van der Waals surface area contributed by atoms with Crippen LogP contribution in [0.5, 0.6) is 0 Å². The Morgan fingerprint density at radius 3 is 2.46 bits per heavy atom. The Morgan fingerprint density at radius 2 is 1.81 bits per heavy atom. The second kappa shape index (κ2) is 7.21. The maximum Gasteiger partial charge on any atom is 0.240 e. The summed E-state index contributed by atoms with van der Waals surface area (Å²) < 4.78 is 27.9. The SMILES string of the molecule is Cc1ccc(CCNS(=O)(=O)c2ccc3c(c2)[C@H](C(C)C)C(=O)N3)cc1. The molecule has 138 valence electrons. The number of hydrogen-bond donors (Lipinski definition) is 2. The molecule has 1 aliphatic rings. The Bertz CT molecular complexity index is 919. The molecule has 2 aromatic rings. The van der Waals surface area contributed by atoms with E-state index in [1.54, 1.807) is 12.1 Å². The summed E-state index contributed by atoms with van der Waals surface area (Å²) in [5.74, 6) is -0.284. The van der Waals surface area contributed by atoms with Gasteiger partial charge in [0.2, 0.25) is 15.9 Å². The van der Waals surface area contributed by atoms with Crippen LogP contribution < -0.4 is 10.0 Å². The number of aryl methyl sites for hydroxylation is 1. The van der Waals surface area contributed by atoms with E-state index in [4.69, 9.17) is 0 Å². The first-order chi connectivity index (χ1) is 12.3. The van der Waals surface area contributed by atoms with Crippen molar-refractivity contribution < 1.29 is 13.2 Å². The summed E-state index contributed by atoms with van der Waals surface area (Å²) >= 11 is 0. The van der Waals surface area contributed by atoms with Gasteiger partial charge in [0.25, 0.3) is 0 Å². The van der Waals surface area contributed by atoms with Crippen LogP contribution in [0.4, 0.5) is 5.69 Å². The van der Waals surface area contributed by atoms with Gasteiger partial charge in [-0.05, 0) is 48.6 Å². The molecule has 0 radical (unpaired) electrons. The highest BCUT2D eigenvalue weighted by atomic mass is 32.2. The Morgan fingerprint density at radius 1 is 1.12 bits per heavy atom. The Hall–Kier alpha value is -2.18. The van der Waals surface area contributed by atoms with Crippen LogP contribution in [0.25, 0.3) is 0 Å². The molecular weight excluding hydrogens is 348 g/mol. The molecule has 1 amide bonds. The van der Waals surface area contributed by atoms with Gasteiger partial charge in [0, 0.05) is 12.2 Å². The average molecular weight is 372 g/mol. The van der Waals surface area contributed by atoms with Crippen LogP contribution in [0.15, 0.2) is 47.4 Å². The van der Waals surface area contributed by atoms with Crippen molar-refractivity contribution in [3.8, 4) is 0 Å². The molecule has 1 aliphatic heterocycles. The smallest absolute Gasteiger partial charge is 0.240 e. The first-order valence-electron chi connectivity index (χ1n) is 8.78. The monoisotopic (exact) mass is 372 g/mol. The summed E-state index contributed by atoms with van der Waals surface area (Å²) in [6.07, 6.45) is 0.624. The van der Waals surface area contributed by atoms with Gasteiger partial charge < -0.3 is 5.32 Å². The van der Waals surface area contributed by atoms with Crippen LogP contribution in [0.3, 0.4) is 0 Å². The van der Waals surface area contributed by atoms with E-state index in [1.807, 2.05) is 45.0 Å². The van der Waals surface area contributed by atoms with Crippen molar-refractivity contribution >= 4 is 21.6 Å². The number of amides is 1. The minimum Gasteiger partial charge on any atom is -0.325 e. The third-order valence-corrected chi connectivity index (χ3v) is 6.16. The summed E-state index contributed by atoms with van der Waals surface area (Å²) in [6, 6.07) is 12.9. The number of fused-ring (bicyclic) bond motifs is 1.